The van der Waals surface area contributed by atoms with E-state index in [0.29, 0.717) is 35.6 Å². The number of ether oxygens (including phenoxy) is 3. The van der Waals surface area contributed by atoms with Gasteiger partial charge in [0.15, 0.2) is 17.3 Å². The first-order chi connectivity index (χ1) is 15.5. The third-order valence-corrected chi connectivity index (χ3v) is 6.34. The molecule has 0 unspecified atom stereocenters. The molecule has 1 amide bonds. The van der Waals surface area contributed by atoms with E-state index in [1.165, 1.54) is 22.0 Å². The molecule has 0 radical (unpaired) electrons. The van der Waals surface area contributed by atoms with Crippen molar-refractivity contribution in [1.29, 1.82) is 0 Å². The molecule has 32 heavy (non-hydrogen) atoms. The van der Waals surface area contributed by atoms with E-state index in [4.69, 9.17) is 20.1 Å². The third kappa shape index (κ3) is 4.31. The zero-order chi connectivity index (χ0) is 22.7. The zero-order valence-corrected chi connectivity index (χ0v) is 19.0. The van der Waals surface area contributed by atoms with Crippen LogP contribution < -0.4 is 20.1 Å². The minimum absolute atomic E-state index is 0.0180. The molecule has 0 spiro atoms. The van der Waals surface area contributed by atoms with E-state index in [9.17, 15) is 4.79 Å². The number of hydrogen-bond acceptors (Lipinski definition) is 8. The number of methoxy groups -OCH3 is 3. The number of nitrogens with zero attached hydrogens (tertiary/aromatic N) is 4. The lowest BCUT2D eigenvalue weighted by atomic mass is 9.99. The average Bonchev–Trinajstić information content (AvgIpc) is 3.21. The second-order valence-electron chi connectivity index (χ2n) is 7.23. The van der Waals surface area contributed by atoms with Gasteiger partial charge >= 0.3 is 0 Å². The van der Waals surface area contributed by atoms with Crippen LogP contribution >= 0.6 is 11.8 Å². The van der Waals surface area contributed by atoms with Crippen molar-refractivity contribution < 1.29 is 19.0 Å². The van der Waals surface area contributed by atoms with Gasteiger partial charge in [-0.15, -0.1) is 10.2 Å². The Bertz CT molecular complexity index is 1120. The third-order valence-electron chi connectivity index (χ3n) is 5.41. The number of carbonyl (C=O) groups is 1. The Labute approximate surface area is 190 Å². The number of carbonyl (C=O) groups excluding carboxylic acids is 1. The van der Waals surface area contributed by atoms with E-state index < -0.39 is 0 Å². The number of rotatable bonds is 7. The van der Waals surface area contributed by atoms with Crippen LogP contribution in [0.3, 0.4) is 0 Å². The molecule has 0 atom stereocenters. The highest BCUT2D eigenvalue weighted by Crippen LogP contribution is 2.33. The number of hydrogen-bond donors (Lipinski definition) is 1. The molecule has 3 aromatic rings. The number of benzene rings is 2. The molecule has 1 aliphatic heterocycles. The van der Waals surface area contributed by atoms with Crippen LogP contribution in [0.2, 0.25) is 0 Å². The molecule has 10 heteroatoms. The Hall–Kier alpha value is -3.40. The van der Waals surface area contributed by atoms with Gasteiger partial charge in [0.2, 0.25) is 11.1 Å². The van der Waals surface area contributed by atoms with Crippen molar-refractivity contribution in [3.63, 3.8) is 0 Å². The number of aromatic nitrogens is 3. The fourth-order valence-electron chi connectivity index (χ4n) is 3.63. The Kier molecular flexibility index (Phi) is 6.40. The second-order valence-corrected chi connectivity index (χ2v) is 8.18. The van der Waals surface area contributed by atoms with Gasteiger partial charge in [0.05, 0.1) is 27.1 Å². The molecule has 2 heterocycles. The highest BCUT2D eigenvalue weighted by Gasteiger charge is 2.24. The molecule has 0 fully saturated rings. The minimum Gasteiger partial charge on any atom is -0.497 e. The predicted molar refractivity (Wildman–Crippen MR) is 122 cm³/mol. The summed E-state index contributed by atoms with van der Waals surface area (Å²) in [6.07, 6.45) is 0.765. The Morgan fingerprint density at radius 1 is 1.03 bits per heavy atom. The summed E-state index contributed by atoms with van der Waals surface area (Å²) in [5.74, 6) is 9.06. The largest absolute Gasteiger partial charge is 0.497 e. The number of thioether (sulfide) groups is 1. The molecule has 0 aliphatic carbocycles. The Morgan fingerprint density at radius 3 is 2.38 bits per heavy atom. The maximum Gasteiger partial charge on any atom is 0.233 e. The van der Waals surface area contributed by atoms with Crippen molar-refractivity contribution in [3.05, 3.63) is 47.5 Å². The molecule has 2 aromatic carbocycles. The van der Waals surface area contributed by atoms with Gasteiger partial charge in [0, 0.05) is 18.7 Å². The molecule has 0 bridgehead atoms. The van der Waals surface area contributed by atoms with Crippen LogP contribution in [0, 0.1) is 0 Å². The lowest BCUT2D eigenvalue weighted by Gasteiger charge is -2.29. The van der Waals surface area contributed by atoms with Gasteiger partial charge in [-0.1, -0.05) is 11.8 Å². The molecule has 168 valence electrons. The first kappa shape index (κ1) is 21.8. The molecule has 2 N–H and O–H groups in total. The smallest absolute Gasteiger partial charge is 0.233 e. The fourth-order valence-corrected chi connectivity index (χ4v) is 4.39. The highest BCUT2D eigenvalue weighted by atomic mass is 32.2. The standard InChI is InChI=1S/C22H25N5O4S/c1-29-17-6-4-14(5-7-17)21-24-25-22(27(21)23)32-13-20(28)26-9-8-15-10-18(30-2)19(31-3)11-16(15)12-26/h4-7,10-11H,8-9,12-13,23H2,1-3H3. The number of nitrogens with two attached hydrogens (primary N) is 1. The molecule has 1 aliphatic rings. The first-order valence-electron chi connectivity index (χ1n) is 10.0. The summed E-state index contributed by atoms with van der Waals surface area (Å²) in [6.45, 7) is 1.18. The van der Waals surface area contributed by atoms with Crippen LogP contribution in [-0.4, -0.2) is 59.3 Å². The maximum absolute atomic E-state index is 12.9. The predicted octanol–water partition coefficient (Wildman–Crippen LogP) is 2.36. The lowest BCUT2D eigenvalue weighted by Crippen LogP contribution is -2.37. The van der Waals surface area contributed by atoms with Crippen molar-refractivity contribution in [1.82, 2.24) is 19.8 Å². The van der Waals surface area contributed by atoms with Gasteiger partial charge in [-0.2, -0.15) is 0 Å². The zero-order valence-electron chi connectivity index (χ0n) is 18.2. The first-order valence-corrected chi connectivity index (χ1v) is 11.0. The second kappa shape index (κ2) is 9.39. The van der Waals surface area contributed by atoms with Gasteiger partial charge in [0.1, 0.15) is 5.75 Å². The van der Waals surface area contributed by atoms with Crippen LogP contribution in [0.25, 0.3) is 11.4 Å². The number of nitrogen functional groups attached to an aromatic ring is 1. The van der Waals surface area contributed by atoms with E-state index >= 15 is 0 Å². The molecule has 9 nitrogen and oxygen atoms in total. The van der Waals surface area contributed by atoms with Crippen LogP contribution in [0.4, 0.5) is 0 Å². The van der Waals surface area contributed by atoms with E-state index in [1.54, 1.807) is 21.3 Å². The molecule has 1 aromatic heterocycles. The quantitative estimate of drug-likeness (QED) is 0.428. The van der Waals surface area contributed by atoms with Gasteiger partial charge in [-0.05, 0) is 53.9 Å². The van der Waals surface area contributed by atoms with Crippen molar-refractivity contribution in [2.24, 2.45) is 0 Å². The summed E-state index contributed by atoms with van der Waals surface area (Å²) in [7, 11) is 4.84. The van der Waals surface area contributed by atoms with Gasteiger partial charge in [0.25, 0.3) is 0 Å². The topological polar surface area (TPSA) is 105 Å². The Balaban J connectivity index is 1.41. The summed E-state index contributed by atoms with van der Waals surface area (Å²) in [5.41, 5.74) is 3.05. The van der Waals surface area contributed by atoms with E-state index in [-0.39, 0.29) is 11.7 Å². The van der Waals surface area contributed by atoms with E-state index in [0.717, 1.165) is 23.3 Å². The normalized spacial score (nSPS) is 12.9. The maximum atomic E-state index is 12.9. The van der Waals surface area contributed by atoms with Crippen molar-refractivity contribution in [2.75, 3.05) is 39.5 Å². The van der Waals surface area contributed by atoms with Gasteiger partial charge in [-0.3, -0.25) is 4.79 Å². The fraction of sp³-hybridized carbons (Fsp3) is 0.318. The Morgan fingerprint density at radius 2 is 1.72 bits per heavy atom. The van der Waals surface area contributed by atoms with Crippen LogP contribution in [0.5, 0.6) is 17.2 Å². The number of fused-ring (bicyclic) bond motifs is 1. The summed E-state index contributed by atoms with van der Waals surface area (Å²) >= 11 is 1.27. The van der Waals surface area contributed by atoms with Gasteiger partial charge in [-0.25, -0.2) is 4.68 Å². The van der Waals surface area contributed by atoms with Crippen molar-refractivity contribution in [3.8, 4) is 28.6 Å². The monoisotopic (exact) mass is 455 g/mol. The summed E-state index contributed by atoms with van der Waals surface area (Å²) in [5, 5.41) is 8.80. The van der Waals surface area contributed by atoms with Gasteiger partial charge < -0.3 is 25.0 Å². The van der Waals surface area contributed by atoms with Crippen LogP contribution in [-0.2, 0) is 17.8 Å². The van der Waals surface area contributed by atoms with Crippen LogP contribution in [0.1, 0.15) is 11.1 Å². The van der Waals surface area contributed by atoms with Crippen molar-refractivity contribution in [2.45, 2.75) is 18.1 Å². The molecule has 4 rings (SSSR count). The molecular formula is C22H25N5O4S. The summed E-state index contributed by atoms with van der Waals surface area (Å²) < 4.78 is 17.4. The summed E-state index contributed by atoms with van der Waals surface area (Å²) in [4.78, 5) is 14.7. The molecule has 0 saturated heterocycles. The van der Waals surface area contributed by atoms with Crippen LogP contribution in [0.15, 0.2) is 41.6 Å². The lowest BCUT2D eigenvalue weighted by molar-refractivity contribution is -0.129. The average molecular weight is 456 g/mol. The van der Waals surface area contributed by atoms with E-state index in [2.05, 4.69) is 10.2 Å². The SMILES string of the molecule is COc1ccc(-c2nnc(SCC(=O)N3CCc4cc(OC)c(OC)cc4C3)n2N)cc1. The van der Waals surface area contributed by atoms with E-state index in [1.807, 2.05) is 41.3 Å². The molecule has 0 saturated carbocycles. The molecular weight excluding hydrogens is 430 g/mol. The summed E-state index contributed by atoms with van der Waals surface area (Å²) in [6, 6.07) is 11.3. The number of amides is 1. The highest BCUT2D eigenvalue weighted by molar-refractivity contribution is 7.99. The van der Waals surface area contributed by atoms with Crippen molar-refractivity contribution >= 4 is 17.7 Å². The minimum atomic E-state index is 0.0180.